The largest absolute Gasteiger partial charge is 0.0714 e. The van der Waals surface area contributed by atoms with Crippen LogP contribution in [-0.2, 0) is 5.41 Å². The maximum atomic E-state index is 2.51. The third-order valence-electron chi connectivity index (χ3n) is 9.67. The lowest BCUT2D eigenvalue weighted by Gasteiger charge is -2.35. The molecule has 0 aromatic heterocycles. The fourth-order valence-corrected chi connectivity index (χ4v) is 8.04. The maximum Gasteiger partial charge on any atom is 0.0714 e. The highest BCUT2D eigenvalue weighted by Gasteiger charge is 2.46. The summed E-state index contributed by atoms with van der Waals surface area (Å²) in [4.78, 5) is 0. The van der Waals surface area contributed by atoms with Crippen LogP contribution >= 0.6 is 0 Å². The molecule has 0 N–H and O–H groups in total. The van der Waals surface area contributed by atoms with Crippen molar-refractivity contribution in [2.24, 2.45) is 0 Å². The van der Waals surface area contributed by atoms with Gasteiger partial charge in [-0.05, 0) is 128 Å². The Kier molecular flexibility index (Phi) is 6.26. The third kappa shape index (κ3) is 4.19. The summed E-state index contributed by atoms with van der Waals surface area (Å²) in [6.07, 6.45) is 0. The van der Waals surface area contributed by atoms with Crippen LogP contribution in [0.5, 0.6) is 0 Å². The first-order chi connectivity index (χ1) is 20.6. The summed E-state index contributed by atoms with van der Waals surface area (Å²) in [5.41, 5.74) is 20.8. The van der Waals surface area contributed by atoms with Crippen molar-refractivity contribution in [3.8, 4) is 22.3 Å². The van der Waals surface area contributed by atoms with Crippen LogP contribution in [0.2, 0.25) is 0 Å². The van der Waals surface area contributed by atoms with Crippen LogP contribution in [0.3, 0.4) is 0 Å². The summed E-state index contributed by atoms with van der Waals surface area (Å²) in [6.45, 7) is 17.9. The number of fused-ring (bicyclic) bond motifs is 4. The van der Waals surface area contributed by atoms with Gasteiger partial charge in [0.2, 0.25) is 0 Å². The van der Waals surface area contributed by atoms with Crippen molar-refractivity contribution < 1.29 is 0 Å². The number of hydrogen-bond donors (Lipinski definition) is 0. The summed E-state index contributed by atoms with van der Waals surface area (Å²) in [7, 11) is 0. The van der Waals surface area contributed by atoms with Crippen molar-refractivity contribution in [2.75, 3.05) is 0 Å². The van der Waals surface area contributed by atoms with Crippen molar-refractivity contribution in [2.45, 2.75) is 60.8 Å². The summed E-state index contributed by atoms with van der Waals surface area (Å²) in [5.74, 6) is 0. The van der Waals surface area contributed by atoms with E-state index in [2.05, 4.69) is 152 Å². The van der Waals surface area contributed by atoms with Gasteiger partial charge >= 0.3 is 0 Å². The standard InChI is InChI=1S/C43H40/c1-25-9-11-38-39-12-10-33(37-14-13-36-31(7)17-30(6)22-40(36)32(37)8)24-42(39)43(41(38)23-25,34-18-26(2)15-27(3)19-34)35-20-28(4)16-29(5)21-35/h9-24H,1-8H3. The zero-order valence-electron chi connectivity index (χ0n) is 26.7. The van der Waals surface area contributed by atoms with Gasteiger partial charge in [0.15, 0.2) is 0 Å². The van der Waals surface area contributed by atoms with Crippen LogP contribution in [0.25, 0.3) is 33.0 Å². The molecule has 0 saturated carbocycles. The predicted octanol–water partition coefficient (Wildman–Crippen LogP) is 11.3. The number of hydrogen-bond acceptors (Lipinski definition) is 0. The average Bonchev–Trinajstić information content (AvgIpc) is 3.22. The van der Waals surface area contributed by atoms with E-state index < -0.39 is 5.41 Å². The fourth-order valence-electron chi connectivity index (χ4n) is 8.04. The van der Waals surface area contributed by atoms with E-state index in [1.807, 2.05) is 0 Å². The smallest absolute Gasteiger partial charge is 0.0587 e. The minimum absolute atomic E-state index is 0.418. The van der Waals surface area contributed by atoms with Crippen molar-refractivity contribution in [3.05, 3.63) is 164 Å². The van der Waals surface area contributed by atoms with Gasteiger partial charge in [0, 0.05) is 0 Å². The Hall–Kier alpha value is -4.42. The molecule has 0 unspecified atom stereocenters. The zero-order chi connectivity index (χ0) is 30.2. The molecule has 0 heterocycles. The van der Waals surface area contributed by atoms with Crippen LogP contribution in [0.15, 0.2) is 97.1 Å². The Labute approximate surface area is 257 Å². The van der Waals surface area contributed by atoms with Gasteiger partial charge in [-0.2, -0.15) is 0 Å². The average molecular weight is 557 g/mol. The highest BCUT2D eigenvalue weighted by molar-refractivity contribution is 5.95. The molecular formula is C43H40. The topological polar surface area (TPSA) is 0 Å². The number of aryl methyl sites for hydroxylation is 8. The molecule has 0 amide bonds. The zero-order valence-corrected chi connectivity index (χ0v) is 26.7. The summed E-state index contributed by atoms with van der Waals surface area (Å²) >= 11 is 0. The summed E-state index contributed by atoms with van der Waals surface area (Å²) in [6, 6.07) is 37.9. The highest BCUT2D eigenvalue weighted by atomic mass is 14.5. The molecule has 0 aliphatic heterocycles. The Balaban J connectivity index is 1.61. The molecule has 0 spiro atoms. The van der Waals surface area contributed by atoms with Crippen LogP contribution in [-0.4, -0.2) is 0 Å². The van der Waals surface area contributed by atoms with E-state index in [1.54, 1.807) is 0 Å². The molecule has 0 bridgehead atoms. The minimum atomic E-state index is -0.418. The Morgan fingerprint density at radius 2 is 0.884 bits per heavy atom. The van der Waals surface area contributed by atoms with Crippen LogP contribution in [0.4, 0.5) is 0 Å². The maximum absolute atomic E-state index is 2.51. The first-order valence-electron chi connectivity index (χ1n) is 15.5. The quantitative estimate of drug-likeness (QED) is 0.203. The van der Waals surface area contributed by atoms with Crippen molar-refractivity contribution in [1.29, 1.82) is 0 Å². The van der Waals surface area contributed by atoms with Crippen LogP contribution in [0.1, 0.15) is 66.8 Å². The van der Waals surface area contributed by atoms with Gasteiger partial charge in [-0.1, -0.05) is 124 Å². The number of rotatable bonds is 3. The van der Waals surface area contributed by atoms with E-state index in [4.69, 9.17) is 0 Å². The monoisotopic (exact) mass is 556 g/mol. The van der Waals surface area contributed by atoms with Gasteiger partial charge in [0.1, 0.15) is 0 Å². The van der Waals surface area contributed by atoms with Crippen molar-refractivity contribution in [3.63, 3.8) is 0 Å². The van der Waals surface area contributed by atoms with Crippen molar-refractivity contribution in [1.82, 2.24) is 0 Å². The molecule has 0 atom stereocenters. The van der Waals surface area contributed by atoms with E-state index in [9.17, 15) is 0 Å². The molecule has 1 aliphatic carbocycles. The van der Waals surface area contributed by atoms with Crippen molar-refractivity contribution >= 4 is 10.8 Å². The van der Waals surface area contributed by atoms with Crippen LogP contribution in [0, 0.1) is 55.4 Å². The van der Waals surface area contributed by atoms with Gasteiger partial charge in [-0.3, -0.25) is 0 Å². The summed E-state index contributed by atoms with van der Waals surface area (Å²) in [5, 5.41) is 2.69. The lowest BCUT2D eigenvalue weighted by Crippen LogP contribution is -2.29. The molecule has 1 aliphatic rings. The predicted molar refractivity (Wildman–Crippen MR) is 185 cm³/mol. The Bertz CT molecular complexity index is 2010. The molecule has 0 nitrogen and oxygen atoms in total. The summed E-state index contributed by atoms with van der Waals surface area (Å²) < 4.78 is 0. The first-order valence-corrected chi connectivity index (χ1v) is 15.5. The van der Waals surface area contributed by atoms with E-state index in [0.29, 0.717) is 0 Å². The molecule has 43 heavy (non-hydrogen) atoms. The van der Waals surface area contributed by atoms with Gasteiger partial charge in [-0.25, -0.2) is 0 Å². The lowest BCUT2D eigenvalue weighted by molar-refractivity contribution is 0.763. The molecule has 212 valence electrons. The second kappa shape index (κ2) is 9.81. The normalized spacial score (nSPS) is 13.3. The molecule has 0 radical (unpaired) electrons. The van der Waals surface area contributed by atoms with E-state index >= 15 is 0 Å². The number of benzene rings is 6. The Morgan fingerprint density at radius 1 is 0.372 bits per heavy atom. The molecule has 0 fully saturated rings. The molecule has 6 aromatic rings. The molecule has 0 heteroatoms. The first kappa shape index (κ1) is 27.4. The van der Waals surface area contributed by atoms with Gasteiger partial charge < -0.3 is 0 Å². The van der Waals surface area contributed by atoms with Crippen LogP contribution < -0.4 is 0 Å². The SMILES string of the molecule is Cc1cc(C)cc(C2(c3cc(C)cc(C)c3)c3cc(C)ccc3-c3ccc(-c4ccc5c(C)cc(C)cc5c4C)cc32)c1. The molecule has 7 rings (SSSR count). The molecular weight excluding hydrogens is 516 g/mol. The van der Waals surface area contributed by atoms with E-state index in [-0.39, 0.29) is 0 Å². The second-order valence-corrected chi connectivity index (χ2v) is 13.2. The lowest BCUT2D eigenvalue weighted by atomic mass is 9.66. The van der Waals surface area contributed by atoms with Gasteiger partial charge in [0.05, 0.1) is 5.41 Å². The molecule has 0 saturated heterocycles. The second-order valence-electron chi connectivity index (χ2n) is 13.2. The van der Waals surface area contributed by atoms with Gasteiger partial charge in [-0.15, -0.1) is 0 Å². The minimum Gasteiger partial charge on any atom is -0.0587 e. The van der Waals surface area contributed by atoms with Gasteiger partial charge in [0.25, 0.3) is 0 Å². The van der Waals surface area contributed by atoms with E-state index in [0.717, 1.165) is 0 Å². The van der Waals surface area contributed by atoms with E-state index in [1.165, 1.54) is 99.8 Å². The molecule has 6 aromatic carbocycles. The fraction of sp³-hybridized carbons (Fsp3) is 0.209. The highest BCUT2D eigenvalue weighted by Crippen LogP contribution is 2.57. The Morgan fingerprint density at radius 3 is 1.49 bits per heavy atom. The third-order valence-corrected chi connectivity index (χ3v) is 9.67.